The molecule has 0 atom stereocenters. The van der Waals surface area contributed by atoms with Crippen LogP contribution < -0.4 is 14.7 Å². The molecule has 0 fully saturated rings. The van der Waals surface area contributed by atoms with E-state index in [1.54, 1.807) is 0 Å². The van der Waals surface area contributed by atoms with Crippen molar-refractivity contribution >= 4 is 61.3 Å². The summed E-state index contributed by atoms with van der Waals surface area (Å²) in [7, 11) is -5.39. The van der Waals surface area contributed by atoms with Crippen LogP contribution >= 0.6 is 7.82 Å². The minimum absolute atomic E-state index is 0. The molecule has 0 heterocycles. The van der Waals surface area contributed by atoms with E-state index in [9.17, 15) is 0 Å². The van der Waals surface area contributed by atoms with Gasteiger partial charge in [0.05, 0.1) is 0 Å². The van der Waals surface area contributed by atoms with Gasteiger partial charge < -0.3 is 19.2 Å². The first-order chi connectivity index (χ1) is 2.00. The Morgan fingerprint density at radius 1 is 1.14 bits per heavy atom. The third-order valence-electron chi connectivity index (χ3n) is 0. The van der Waals surface area contributed by atoms with E-state index < -0.39 is 7.82 Å². The van der Waals surface area contributed by atoms with Gasteiger partial charge in [-0.15, -0.1) is 0 Å². The van der Waals surface area contributed by atoms with Gasteiger partial charge in [-0.1, -0.05) is 0 Å². The third kappa shape index (κ3) is 75.5. The molecule has 0 N–H and O–H groups in total. The summed E-state index contributed by atoms with van der Waals surface area (Å²) in [4.78, 5) is 25.6. The van der Waals surface area contributed by atoms with E-state index in [1.165, 1.54) is 0 Å². The number of hydrogen-bond acceptors (Lipinski definition) is 4. The van der Waals surface area contributed by atoms with E-state index in [0.29, 0.717) is 0 Å². The van der Waals surface area contributed by atoms with Crippen LogP contribution in [0.1, 0.15) is 0 Å². The van der Waals surface area contributed by atoms with Crippen LogP contribution in [-0.4, -0.2) is 53.5 Å². The Bertz CT molecular complexity index is 57.8. The van der Waals surface area contributed by atoms with Crippen LogP contribution in [0.15, 0.2) is 0 Å². The number of hydrogen-bond donors (Lipinski definition) is 0. The third-order valence-corrected chi connectivity index (χ3v) is 0. The Kier molecular flexibility index (Phi) is 13.8. The standard InChI is InChI=1S/Bi.H3O4P.Pb.2H/c;1-5(2,3)4;;;/h;(H3,1,2,3,4);;;/q+3;;;;/p-3. The van der Waals surface area contributed by atoms with Crippen molar-refractivity contribution in [3.05, 3.63) is 0 Å². The van der Waals surface area contributed by atoms with Crippen molar-refractivity contribution in [2.24, 2.45) is 0 Å². The molecule has 0 aromatic heterocycles. The SMILES string of the molecule is O=P([O-])([O-])[O-].[Bi+3].[PbH2]. The first-order valence-electron chi connectivity index (χ1n) is 0.730. The molecule has 0 aliphatic carbocycles. The Morgan fingerprint density at radius 2 is 1.14 bits per heavy atom. The van der Waals surface area contributed by atoms with Gasteiger partial charge in [0, 0.05) is 0 Å². The normalized spacial score (nSPS) is 8.43. The predicted molar refractivity (Wildman–Crippen MR) is 21.9 cm³/mol. The summed E-state index contributed by atoms with van der Waals surface area (Å²) >= 11 is 0. The fourth-order valence-electron chi connectivity index (χ4n) is 0. The Balaban J connectivity index is -0.0000000800. The van der Waals surface area contributed by atoms with Crippen LogP contribution in [0, 0.1) is 0 Å². The molecule has 7 heavy (non-hydrogen) atoms. The van der Waals surface area contributed by atoms with Gasteiger partial charge in [0.25, 0.3) is 0 Å². The molecule has 0 rings (SSSR count). The zero-order valence-electron chi connectivity index (χ0n) is 3.23. The molecule has 0 aromatic carbocycles. The van der Waals surface area contributed by atoms with Crippen molar-refractivity contribution < 1.29 is 19.2 Å². The van der Waals surface area contributed by atoms with E-state index in [2.05, 4.69) is 0 Å². The van der Waals surface area contributed by atoms with Crippen molar-refractivity contribution in [3.63, 3.8) is 0 Å². The summed E-state index contributed by atoms with van der Waals surface area (Å²) in [6.07, 6.45) is 0. The molecule has 0 saturated heterocycles. The molecule has 0 spiro atoms. The van der Waals surface area contributed by atoms with Gasteiger partial charge in [-0.25, -0.2) is 0 Å². The Hall–Kier alpha value is 1.92. The second kappa shape index (κ2) is 6.04. The van der Waals surface area contributed by atoms with Crippen LogP contribution in [-0.2, 0) is 4.57 Å². The van der Waals surface area contributed by atoms with E-state index in [0.717, 1.165) is 0 Å². The van der Waals surface area contributed by atoms with Crippen molar-refractivity contribution in [3.8, 4) is 0 Å². The Morgan fingerprint density at radius 3 is 1.14 bits per heavy atom. The summed E-state index contributed by atoms with van der Waals surface area (Å²) in [5.74, 6) is 0. The van der Waals surface area contributed by atoms with Crippen molar-refractivity contribution in [2.45, 2.75) is 0 Å². The molecule has 40 valence electrons. The summed E-state index contributed by atoms with van der Waals surface area (Å²) in [6.45, 7) is 0. The summed E-state index contributed by atoms with van der Waals surface area (Å²) in [5, 5.41) is 0. The van der Waals surface area contributed by atoms with E-state index in [1.807, 2.05) is 0 Å². The van der Waals surface area contributed by atoms with Crippen LogP contribution in [0.3, 0.4) is 0 Å². The second-order valence-electron chi connectivity index (χ2n) is 0.447. The molecule has 0 aliphatic heterocycles. The van der Waals surface area contributed by atoms with Gasteiger partial charge in [0.15, 0.2) is 0 Å². The second-order valence-corrected chi connectivity index (χ2v) is 1.34. The molecular weight excluding hydrogens is 511 g/mol. The molecule has 0 aromatic rings. The zero-order chi connectivity index (χ0) is 4.50. The predicted octanol–water partition coefficient (Wildman–Crippen LogP) is -4.12. The number of phosphoric acid groups is 1. The molecule has 0 saturated carbocycles. The molecule has 0 amide bonds. The van der Waals surface area contributed by atoms with Crippen molar-refractivity contribution in [1.82, 2.24) is 0 Å². The molecule has 7 heteroatoms. The van der Waals surface area contributed by atoms with E-state index in [4.69, 9.17) is 19.2 Å². The van der Waals surface area contributed by atoms with Crippen molar-refractivity contribution in [2.75, 3.05) is 0 Å². The van der Waals surface area contributed by atoms with Gasteiger partial charge in [0.2, 0.25) is 0 Å². The number of rotatable bonds is 0. The average molecular weight is 513 g/mol. The molecule has 0 aliphatic rings. The van der Waals surface area contributed by atoms with Crippen molar-refractivity contribution in [1.29, 1.82) is 0 Å². The van der Waals surface area contributed by atoms with Crippen LogP contribution in [0.4, 0.5) is 0 Å². The fourth-order valence-corrected chi connectivity index (χ4v) is 0. The maximum atomic E-state index is 8.55. The monoisotopic (exact) mass is 514 g/mol. The molecule has 4 nitrogen and oxygen atoms in total. The Labute approximate surface area is 79.8 Å². The van der Waals surface area contributed by atoms with Crippen LogP contribution in [0.5, 0.6) is 0 Å². The van der Waals surface area contributed by atoms with Crippen LogP contribution in [0.25, 0.3) is 0 Å². The van der Waals surface area contributed by atoms with E-state index in [-0.39, 0.29) is 53.5 Å². The first kappa shape index (κ1) is 16.0. The molecule has 4 radical (unpaired) electrons. The zero-order valence-corrected chi connectivity index (χ0v) is 13.1. The van der Waals surface area contributed by atoms with Gasteiger partial charge in [-0.2, -0.15) is 7.82 Å². The quantitative estimate of drug-likeness (QED) is 0.244. The van der Waals surface area contributed by atoms with Gasteiger partial charge in [-0.3, -0.25) is 0 Å². The van der Waals surface area contributed by atoms with E-state index >= 15 is 0 Å². The van der Waals surface area contributed by atoms with Crippen LogP contribution in [0.2, 0.25) is 0 Å². The molecule has 0 bridgehead atoms. The average Bonchev–Trinajstić information content (AvgIpc) is 0.722. The summed E-state index contributed by atoms with van der Waals surface area (Å²) < 4.78 is 8.55. The minimum atomic E-state index is -5.39. The molecular formula is H2BiO4PPb. The topological polar surface area (TPSA) is 86.2 Å². The van der Waals surface area contributed by atoms with Gasteiger partial charge >= 0.3 is 53.5 Å². The summed E-state index contributed by atoms with van der Waals surface area (Å²) in [5.41, 5.74) is 0. The summed E-state index contributed by atoms with van der Waals surface area (Å²) in [6, 6.07) is 0. The van der Waals surface area contributed by atoms with Gasteiger partial charge in [0.1, 0.15) is 0 Å². The maximum absolute atomic E-state index is 8.55. The fraction of sp³-hybridized carbons (Fsp3) is 0. The first-order valence-corrected chi connectivity index (χ1v) is 2.19. The molecule has 0 unspecified atom stereocenters. The van der Waals surface area contributed by atoms with Gasteiger partial charge in [-0.05, 0) is 0 Å².